The van der Waals surface area contributed by atoms with Crippen LogP contribution in [-0.4, -0.2) is 24.1 Å². The fourth-order valence-electron chi connectivity index (χ4n) is 4.18. The second-order valence-electron chi connectivity index (χ2n) is 8.18. The van der Waals surface area contributed by atoms with Crippen molar-refractivity contribution in [2.24, 2.45) is 0 Å². The fourth-order valence-corrected chi connectivity index (χ4v) is 4.18. The molecule has 0 aliphatic heterocycles. The van der Waals surface area contributed by atoms with Gasteiger partial charge in [-0.25, -0.2) is 15.0 Å². The third-order valence-electron chi connectivity index (χ3n) is 5.43. The van der Waals surface area contributed by atoms with E-state index in [1.807, 2.05) is 30.3 Å². The Morgan fingerprint density at radius 2 is 0.939 bits per heavy atom. The Morgan fingerprint density at radius 3 is 1.33 bits per heavy atom. The molecule has 33 heavy (non-hydrogen) atoms. The maximum absolute atomic E-state index is 5.02. The van der Waals surface area contributed by atoms with Gasteiger partial charge in [0.15, 0.2) is 11.6 Å². The maximum atomic E-state index is 5.02. The molecule has 1 radical (unpaired) electrons. The van der Waals surface area contributed by atoms with Gasteiger partial charge in [0.1, 0.15) is 11.4 Å². The third kappa shape index (κ3) is 4.69. The summed E-state index contributed by atoms with van der Waals surface area (Å²) >= 11 is 0. The number of nitrogens with zero attached hydrogens (tertiary/aromatic N) is 5. The summed E-state index contributed by atoms with van der Waals surface area (Å²) in [6.45, 7) is 8.72. The first kappa shape index (κ1) is 26.9. The van der Waals surface area contributed by atoms with Crippen LogP contribution in [0.2, 0.25) is 0 Å². The van der Waals surface area contributed by atoms with Crippen molar-refractivity contribution in [3.8, 4) is 23.0 Å². The van der Waals surface area contributed by atoms with E-state index >= 15 is 0 Å². The van der Waals surface area contributed by atoms with Crippen LogP contribution in [0.15, 0.2) is 66.7 Å². The molecule has 5 nitrogen and oxygen atoms in total. The molecule has 3 heterocycles. The average molecular weight is 517 g/mol. The summed E-state index contributed by atoms with van der Waals surface area (Å²) in [5.74, 6) is 1.78. The Balaban J connectivity index is 0.00000128. The molecule has 0 atom stereocenters. The van der Waals surface area contributed by atoms with E-state index in [2.05, 4.69) is 73.2 Å². The Bertz CT molecular complexity index is 1270. The third-order valence-corrected chi connectivity index (χ3v) is 5.43. The van der Waals surface area contributed by atoms with Crippen LogP contribution in [0.3, 0.4) is 0 Å². The van der Waals surface area contributed by atoms with Crippen LogP contribution in [0.5, 0.6) is 0 Å². The molecule has 5 aromatic rings. The molecule has 0 saturated heterocycles. The molecule has 0 amide bonds. The van der Waals surface area contributed by atoms with E-state index in [0.717, 1.165) is 45.1 Å². The molecular weight excluding hydrogens is 492 g/mol. The molecule has 0 aliphatic rings. The van der Waals surface area contributed by atoms with E-state index in [0.29, 0.717) is 0 Å². The molecular formula is C25H25Cl2N5V. The van der Waals surface area contributed by atoms with E-state index in [1.165, 1.54) is 0 Å². The largest absolute Gasteiger partial charge is 2.00 e. The number of pyridine rings is 1. The van der Waals surface area contributed by atoms with Gasteiger partial charge in [-0.1, -0.05) is 30.3 Å². The van der Waals surface area contributed by atoms with Gasteiger partial charge in [0.25, 0.3) is 0 Å². The molecule has 0 bridgehead atoms. The van der Waals surface area contributed by atoms with Crippen molar-refractivity contribution in [3.05, 3.63) is 66.7 Å². The van der Waals surface area contributed by atoms with Crippen molar-refractivity contribution in [1.82, 2.24) is 24.1 Å². The summed E-state index contributed by atoms with van der Waals surface area (Å²) in [6, 6.07) is 23.2. The van der Waals surface area contributed by atoms with Crippen LogP contribution >= 0.6 is 0 Å². The van der Waals surface area contributed by atoms with Crippen molar-refractivity contribution in [2.45, 2.75) is 39.8 Å². The van der Waals surface area contributed by atoms with Gasteiger partial charge in [0.2, 0.25) is 0 Å². The number of rotatable bonds is 4. The molecule has 169 valence electrons. The predicted octanol–water partition coefficient (Wildman–Crippen LogP) is 0.282. The van der Waals surface area contributed by atoms with Crippen molar-refractivity contribution in [3.63, 3.8) is 0 Å². The predicted molar refractivity (Wildman–Crippen MR) is 122 cm³/mol. The molecule has 5 rings (SSSR count). The number of halogens is 2. The monoisotopic (exact) mass is 516 g/mol. The van der Waals surface area contributed by atoms with Crippen molar-refractivity contribution in [2.75, 3.05) is 0 Å². The van der Waals surface area contributed by atoms with Gasteiger partial charge < -0.3 is 33.9 Å². The summed E-state index contributed by atoms with van der Waals surface area (Å²) < 4.78 is 4.51. The molecule has 0 fully saturated rings. The van der Waals surface area contributed by atoms with Gasteiger partial charge in [-0.05, 0) is 64.1 Å². The van der Waals surface area contributed by atoms with Crippen LogP contribution in [-0.2, 0) is 18.6 Å². The minimum absolute atomic E-state index is 0. The topological polar surface area (TPSA) is 48.5 Å². The van der Waals surface area contributed by atoms with Crippen molar-refractivity contribution in [1.29, 1.82) is 0 Å². The van der Waals surface area contributed by atoms with E-state index in [4.69, 9.17) is 15.0 Å². The summed E-state index contributed by atoms with van der Waals surface area (Å²) in [6.07, 6.45) is 0. The number of aromatic nitrogens is 5. The quantitative estimate of drug-likeness (QED) is 0.345. The van der Waals surface area contributed by atoms with Crippen molar-refractivity contribution >= 4 is 22.1 Å². The number of para-hydroxylation sites is 4. The molecule has 0 N–H and O–H groups in total. The van der Waals surface area contributed by atoms with E-state index in [9.17, 15) is 0 Å². The number of imidazole rings is 2. The first-order valence-corrected chi connectivity index (χ1v) is 10.5. The van der Waals surface area contributed by atoms with Gasteiger partial charge in [0, 0.05) is 12.1 Å². The van der Waals surface area contributed by atoms with Gasteiger partial charge in [-0.15, -0.1) is 0 Å². The van der Waals surface area contributed by atoms with Gasteiger partial charge in [-0.2, -0.15) is 0 Å². The SMILES string of the molecule is CC(C)n1c(-c2cccc(-c3nc4ccccc4n3C(C)C)n2)nc2ccccc21.[Cl-].[Cl-].[V+2]. The Kier molecular flexibility index (Phi) is 8.78. The Morgan fingerprint density at radius 1 is 0.545 bits per heavy atom. The number of fused-ring (bicyclic) bond motifs is 2. The second-order valence-corrected chi connectivity index (χ2v) is 8.18. The number of hydrogen-bond donors (Lipinski definition) is 0. The van der Waals surface area contributed by atoms with Gasteiger partial charge in [-0.3, -0.25) is 0 Å². The summed E-state index contributed by atoms with van der Waals surface area (Å²) in [5, 5.41) is 0. The molecule has 0 aliphatic carbocycles. The van der Waals surface area contributed by atoms with E-state index in [1.54, 1.807) is 0 Å². The molecule has 0 spiro atoms. The summed E-state index contributed by atoms with van der Waals surface area (Å²) in [5.41, 5.74) is 5.96. The van der Waals surface area contributed by atoms with Gasteiger partial charge in [0.05, 0.1) is 22.1 Å². The minimum atomic E-state index is 0. The molecule has 8 heteroatoms. The maximum Gasteiger partial charge on any atom is 2.00 e. The first-order valence-electron chi connectivity index (χ1n) is 10.5. The van der Waals surface area contributed by atoms with Crippen LogP contribution in [0, 0.1) is 0 Å². The Hall–Kier alpha value is -2.31. The average Bonchev–Trinajstić information content (AvgIpc) is 3.33. The molecule has 3 aromatic heterocycles. The second kappa shape index (κ2) is 10.7. The van der Waals surface area contributed by atoms with Crippen LogP contribution < -0.4 is 24.8 Å². The van der Waals surface area contributed by atoms with Crippen LogP contribution in [0.25, 0.3) is 45.1 Å². The molecule has 0 unspecified atom stereocenters. The summed E-state index contributed by atoms with van der Waals surface area (Å²) in [7, 11) is 0. The zero-order chi connectivity index (χ0) is 20.8. The molecule has 0 saturated carbocycles. The van der Waals surface area contributed by atoms with Crippen molar-refractivity contribution < 1.29 is 43.4 Å². The zero-order valence-corrected chi connectivity index (χ0v) is 21.9. The van der Waals surface area contributed by atoms with E-state index < -0.39 is 0 Å². The first-order chi connectivity index (χ1) is 14.5. The van der Waals surface area contributed by atoms with Crippen LogP contribution in [0.1, 0.15) is 39.8 Å². The fraction of sp³-hybridized carbons (Fsp3) is 0.240. The zero-order valence-electron chi connectivity index (χ0n) is 18.9. The number of hydrogen-bond acceptors (Lipinski definition) is 3. The Labute approximate surface area is 218 Å². The van der Waals surface area contributed by atoms with E-state index in [-0.39, 0.29) is 55.5 Å². The standard InChI is InChI=1S/C25H25N5.2ClH.V/c1-16(2)29-22-14-7-5-10-18(22)27-24(29)20-12-9-13-21(26-20)25-28-19-11-6-8-15-23(19)30(25)17(3)4;;;/h5-17H,1-4H3;2*1H;/q;;;+2/p-2. The van der Waals surface area contributed by atoms with Gasteiger partial charge >= 0.3 is 18.6 Å². The smallest absolute Gasteiger partial charge is 1.00 e. The normalized spacial score (nSPS) is 10.8. The summed E-state index contributed by atoms with van der Waals surface area (Å²) in [4.78, 5) is 14.8. The minimum Gasteiger partial charge on any atom is -1.00 e. The van der Waals surface area contributed by atoms with Crippen LogP contribution in [0.4, 0.5) is 0 Å². The number of benzene rings is 2. The molecule has 2 aromatic carbocycles.